The van der Waals surface area contributed by atoms with Crippen LogP contribution in [0.25, 0.3) is 10.8 Å². The van der Waals surface area contributed by atoms with Crippen molar-refractivity contribution < 1.29 is 14.3 Å². The average molecular weight is 372 g/mol. The van der Waals surface area contributed by atoms with Crippen molar-refractivity contribution in [2.45, 2.75) is 6.42 Å². The number of nitrogens with one attached hydrogen (secondary N) is 1. The molecule has 0 bridgehead atoms. The van der Waals surface area contributed by atoms with E-state index in [1.807, 2.05) is 42.5 Å². The first kappa shape index (κ1) is 19.0. The van der Waals surface area contributed by atoms with Crippen molar-refractivity contribution in [1.82, 2.24) is 5.43 Å². The Morgan fingerprint density at radius 1 is 1.14 bits per heavy atom. The normalized spacial score (nSPS) is 10.6. The van der Waals surface area contributed by atoms with Crippen LogP contribution in [0.4, 0.5) is 0 Å². The largest absolute Gasteiger partial charge is 0.493 e. The molecule has 140 valence electrons. The Kier molecular flexibility index (Phi) is 6.27. The van der Waals surface area contributed by atoms with Gasteiger partial charge in [-0.05, 0) is 40.1 Å². The number of amides is 1. The Hall–Kier alpha value is -3.78. The molecule has 0 atom stereocenters. The third-order valence-electron chi connectivity index (χ3n) is 4.13. The van der Waals surface area contributed by atoms with E-state index in [0.717, 1.165) is 21.9 Å². The van der Waals surface area contributed by atoms with Crippen LogP contribution in [0.3, 0.4) is 0 Å². The van der Waals surface area contributed by atoms with Crippen molar-refractivity contribution >= 4 is 22.9 Å². The number of fused-ring (bicyclic) bond motifs is 1. The number of ether oxygens (including phenoxy) is 2. The quantitative estimate of drug-likeness (QED) is 0.392. The molecule has 0 heterocycles. The van der Waals surface area contributed by atoms with Gasteiger partial charge in [-0.3, -0.25) is 4.79 Å². The topological polar surface area (TPSA) is 59.9 Å². The summed E-state index contributed by atoms with van der Waals surface area (Å²) in [7, 11) is 1.55. The standard InChI is InChI=1S/C23H20N2O3/c1-3-13-28-21-12-11-17(14-22(21)27-2)16-24-25-23(26)15-19-9-6-8-18-7-4-5-10-20(18)19/h1,4-12,14,16H,13,15H2,2H3,(H,25,26). The van der Waals surface area contributed by atoms with Gasteiger partial charge in [0.2, 0.25) is 5.91 Å². The summed E-state index contributed by atoms with van der Waals surface area (Å²) in [6.45, 7) is 0.161. The van der Waals surface area contributed by atoms with E-state index >= 15 is 0 Å². The van der Waals surface area contributed by atoms with Crippen LogP contribution in [0.1, 0.15) is 11.1 Å². The van der Waals surface area contributed by atoms with Crippen LogP contribution in [0.5, 0.6) is 11.5 Å². The summed E-state index contributed by atoms with van der Waals surface area (Å²) in [5.74, 6) is 3.32. The molecule has 0 saturated carbocycles. The Labute approximate surface area is 164 Å². The van der Waals surface area contributed by atoms with E-state index in [9.17, 15) is 4.79 Å². The van der Waals surface area contributed by atoms with Crippen molar-refractivity contribution in [3.05, 3.63) is 71.8 Å². The minimum absolute atomic E-state index is 0.161. The highest BCUT2D eigenvalue weighted by Crippen LogP contribution is 2.27. The van der Waals surface area contributed by atoms with Crippen molar-refractivity contribution in [2.75, 3.05) is 13.7 Å². The smallest absolute Gasteiger partial charge is 0.244 e. The molecule has 3 rings (SSSR count). The zero-order chi connectivity index (χ0) is 19.8. The van der Waals surface area contributed by atoms with Gasteiger partial charge in [0.15, 0.2) is 11.5 Å². The van der Waals surface area contributed by atoms with Gasteiger partial charge in [-0.2, -0.15) is 5.10 Å². The van der Waals surface area contributed by atoms with E-state index in [2.05, 4.69) is 16.4 Å². The average Bonchev–Trinajstić information content (AvgIpc) is 2.73. The molecule has 0 aromatic heterocycles. The maximum Gasteiger partial charge on any atom is 0.244 e. The lowest BCUT2D eigenvalue weighted by molar-refractivity contribution is -0.120. The van der Waals surface area contributed by atoms with Gasteiger partial charge in [0.05, 0.1) is 19.7 Å². The summed E-state index contributed by atoms with van der Waals surface area (Å²) in [4.78, 5) is 12.3. The first-order valence-electron chi connectivity index (χ1n) is 8.74. The van der Waals surface area contributed by atoms with Crippen molar-refractivity contribution in [3.63, 3.8) is 0 Å². The minimum atomic E-state index is -0.187. The number of terminal acetylenes is 1. The molecule has 3 aromatic rings. The highest BCUT2D eigenvalue weighted by Gasteiger charge is 2.07. The lowest BCUT2D eigenvalue weighted by Gasteiger charge is -2.09. The van der Waals surface area contributed by atoms with Crippen molar-refractivity contribution in [2.24, 2.45) is 5.10 Å². The fraction of sp³-hybridized carbons (Fsp3) is 0.130. The number of hydrogen-bond acceptors (Lipinski definition) is 4. The van der Waals surface area contributed by atoms with Crippen LogP contribution in [-0.4, -0.2) is 25.8 Å². The van der Waals surface area contributed by atoms with E-state index in [-0.39, 0.29) is 18.9 Å². The second-order valence-corrected chi connectivity index (χ2v) is 6.01. The van der Waals surface area contributed by atoms with Crippen LogP contribution < -0.4 is 14.9 Å². The van der Waals surface area contributed by atoms with E-state index in [1.54, 1.807) is 31.5 Å². The maximum absolute atomic E-state index is 12.3. The van der Waals surface area contributed by atoms with Gasteiger partial charge in [-0.15, -0.1) is 6.42 Å². The molecule has 0 saturated heterocycles. The van der Waals surface area contributed by atoms with Crippen LogP contribution in [-0.2, 0) is 11.2 Å². The number of nitrogens with zero attached hydrogens (tertiary/aromatic N) is 1. The summed E-state index contributed by atoms with van der Waals surface area (Å²) >= 11 is 0. The molecule has 3 aromatic carbocycles. The van der Waals surface area contributed by atoms with E-state index in [4.69, 9.17) is 15.9 Å². The fourth-order valence-electron chi connectivity index (χ4n) is 2.84. The fourth-order valence-corrected chi connectivity index (χ4v) is 2.84. The Bertz CT molecular complexity index is 1050. The minimum Gasteiger partial charge on any atom is -0.493 e. The summed E-state index contributed by atoms with van der Waals surface area (Å²) in [5, 5.41) is 6.20. The molecule has 0 aliphatic carbocycles. The molecule has 0 unspecified atom stereocenters. The monoisotopic (exact) mass is 372 g/mol. The number of methoxy groups -OCH3 is 1. The number of hydrazone groups is 1. The molecule has 0 spiro atoms. The van der Waals surface area contributed by atoms with Gasteiger partial charge in [0.25, 0.3) is 0 Å². The lowest BCUT2D eigenvalue weighted by Crippen LogP contribution is -2.19. The molecule has 0 radical (unpaired) electrons. The van der Waals surface area contributed by atoms with Crippen LogP contribution >= 0.6 is 0 Å². The second-order valence-electron chi connectivity index (χ2n) is 6.01. The predicted molar refractivity (Wildman–Crippen MR) is 111 cm³/mol. The SMILES string of the molecule is C#CCOc1ccc(C=NNC(=O)Cc2cccc3ccccc23)cc1OC. The number of hydrogen-bond donors (Lipinski definition) is 1. The second kappa shape index (κ2) is 9.24. The van der Waals surface area contributed by atoms with Gasteiger partial charge in [-0.25, -0.2) is 5.43 Å². The van der Waals surface area contributed by atoms with E-state index in [0.29, 0.717) is 11.5 Å². The van der Waals surface area contributed by atoms with Crippen molar-refractivity contribution in [3.8, 4) is 23.8 Å². The zero-order valence-corrected chi connectivity index (χ0v) is 15.5. The number of benzene rings is 3. The van der Waals surface area contributed by atoms with Crippen molar-refractivity contribution in [1.29, 1.82) is 0 Å². The van der Waals surface area contributed by atoms with E-state index in [1.165, 1.54) is 0 Å². The van der Waals surface area contributed by atoms with Crippen LogP contribution in [0.15, 0.2) is 65.8 Å². The number of carbonyl (C=O) groups is 1. The Balaban J connectivity index is 1.64. The summed E-state index contributed by atoms with van der Waals surface area (Å²) in [5.41, 5.74) is 4.28. The molecule has 5 nitrogen and oxygen atoms in total. The molecule has 1 amide bonds. The summed E-state index contributed by atoms with van der Waals surface area (Å²) in [6, 6.07) is 19.2. The predicted octanol–water partition coefficient (Wildman–Crippen LogP) is 3.55. The zero-order valence-electron chi connectivity index (χ0n) is 15.5. The first-order valence-corrected chi connectivity index (χ1v) is 8.74. The summed E-state index contributed by atoms with van der Waals surface area (Å²) < 4.78 is 10.7. The lowest BCUT2D eigenvalue weighted by atomic mass is 10.0. The molecular weight excluding hydrogens is 352 g/mol. The molecule has 0 aliphatic rings. The van der Waals surface area contributed by atoms with Gasteiger partial charge >= 0.3 is 0 Å². The highest BCUT2D eigenvalue weighted by atomic mass is 16.5. The van der Waals surface area contributed by atoms with Gasteiger partial charge in [0, 0.05) is 0 Å². The molecule has 0 aliphatic heterocycles. The molecule has 5 heteroatoms. The summed E-state index contributed by atoms with van der Waals surface area (Å²) in [6.07, 6.45) is 7.00. The third kappa shape index (κ3) is 4.68. The van der Waals surface area contributed by atoms with Crippen LogP contribution in [0.2, 0.25) is 0 Å². The van der Waals surface area contributed by atoms with E-state index < -0.39 is 0 Å². The highest BCUT2D eigenvalue weighted by molar-refractivity contribution is 5.90. The number of rotatable bonds is 7. The molecular formula is C23H20N2O3. The molecule has 28 heavy (non-hydrogen) atoms. The maximum atomic E-state index is 12.3. The molecule has 0 fully saturated rings. The van der Waals surface area contributed by atoms with Gasteiger partial charge in [0.1, 0.15) is 6.61 Å². The Morgan fingerprint density at radius 3 is 2.79 bits per heavy atom. The Morgan fingerprint density at radius 2 is 1.96 bits per heavy atom. The molecule has 1 N–H and O–H groups in total. The van der Waals surface area contributed by atoms with Gasteiger partial charge < -0.3 is 9.47 Å². The third-order valence-corrected chi connectivity index (χ3v) is 4.13. The number of carbonyl (C=O) groups excluding carboxylic acids is 1. The van der Waals surface area contributed by atoms with Gasteiger partial charge in [-0.1, -0.05) is 48.4 Å². The van der Waals surface area contributed by atoms with Crippen LogP contribution in [0, 0.1) is 12.3 Å². The first-order chi connectivity index (χ1) is 13.7.